The van der Waals surface area contributed by atoms with Crippen LogP contribution in [0.25, 0.3) is 0 Å². The van der Waals surface area contributed by atoms with E-state index in [4.69, 9.17) is 9.47 Å². The first-order chi connectivity index (χ1) is 13.9. The molecule has 3 rings (SSSR count). The molecule has 0 bridgehead atoms. The summed E-state index contributed by atoms with van der Waals surface area (Å²) in [5, 5.41) is 5.50. The second-order valence-corrected chi connectivity index (χ2v) is 7.81. The van der Waals surface area contributed by atoms with E-state index in [0.717, 1.165) is 16.8 Å². The standard InChI is InChI=1S/C21H23N3O4S/c1-12-5-6-13(2)15(9-12)23-21-24-20(26)18(29-21)11-19(25)22-16-10-14(27-3)7-8-17(16)28-4/h5-10,18H,11H2,1-4H3,(H,22,25)(H,23,24,26)/t18-/m0/s1. The maximum absolute atomic E-state index is 12.5. The van der Waals surface area contributed by atoms with Crippen molar-refractivity contribution in [1.29, 1.82) is 0 Å². The van der Waals surface area contributed by atoms with Gasteiger partial charge in [0.05, 0.1) is 25.6 Å². The molecule has 2 N–H and O–H groups in total. The van der Waals surface area contributed by atoms with Crippen molar-refractivity contribution in [2.75, 3.05) is 19.5 Å². The molecule has 0 unspecified atom stereocenters. The van der Waals surface area contributed by atoms with Crippen molar-refractivity contribution >= 4 is 40.1 Å². The van der Waals surface area contributed by atoms with Gasteiger partial charge in [-0.1, -0.05) is 23.9 Å². The van der Waals surface area contributed by atoms with Crippen LogP contribution in [0.4, 0.5) is 11.4 Å². The summed E-state index contributed by atoms with van der Waals surface area (Å²) in [4.78, 5) is 29.3. The number of aliphatic imine (C=N–C) groups is 1. The van der Waals surface area contributed by atoms with Crippen LogP contribution in [-0.4, -0.2) is 36.5 Å². The monoisotopic (exact) mass is 413 g/mol. The number of nitrogens with zero attached hydrogens (tertiary/aromatic N) is 1. The Kier molecular flexibility index (Phi) is 6.43. The summed E-state index contributed by atoms with van der Waals surface area (Å²) in [6.45, 7) is 3.95. The van der Waals surface area contributed by atoms with E-state index in [9.17, 15) is 9.59 Å². The third-order valence-electron chi connectivity index (χ3n) is 4.41. The average molecular weight is 413 g/mol. The molecule has 2 aromatic carbocycles. The van der Waals surface area contributed by atoms with Crippen molar-refractivity contribution < 1.29 is 19.1 Å². The summed E-state index contributed by atoms with van der Waals surface area (Å²) in [6, 6.07) is 11.1. The van der Waals surface area contributed by atoms with Crippen LogP contribution in [0.2, 0.25) is 0 Å². The summed E-state index contributed by atoms with van der Waals surface area (Å²) in [5.74, 6) is 0.584. The number of amidine groups is 1. The molecule has 8 heteroatoms. The molecule has 0 aromatic heterocycles. The summed E-state index contributed by atoms with van der Waals surface area (Å²) >= 11 is 1.26. The predicted octanol–water partition coefficient (Wildman–Crippen LogP) is 3.57. The van der Waals surface area contributed by atoms with E-state index in [1.165, 1.54) is 18.9 Å². The third kappa shape index (κ3) is 5.08. The van der Waals surface area contributed by atoms with E-state index >= 15 is 0 Å². The Labute approximate surface area is 173 Å². The second kappa shape index (κ2) is 9.00. The van der Waals surface area contributed by atoms with Crippen molar-refractivity contribution in [3.8, 4) is 11.5 Å². The highest BCUT2D eigenvalue weighted by molar-refractivity contribution is 8.15. The molecule has 2 amide bonds. The van der Waals surface area contributed by atoms with Crippen LogP contribution in [0.1, 0.15) is 17.5 Å². The van der Waals surface area contributed by atoms with Crippen molar-refractivity contribution in [3.05, 3.63) is 47.5 Å². The lowest BCUT2D eigenvalue weighted by atomic mass is 10.1. The molecule has 0 saturated carbocycles. The minimum Gasteiger partial charge on any atom is -0.497 e. The molecule has 1 saturated heterocycles. The van der Waals surface area contributed by atoms with Gasteiger partial charge in [0.15, 0.2) is 5.17 Å². The number of rotatable bonds is 6. The average Bonchev–Trinajstić information content (AvgIpc) is 3.03. The number of amides is 2. The lowest BCUT2D eigenvalue weighted by Gasteiger charge is -2.12. The Morgan fingerprint density at radius 2 is 1.97 bits per heavy atom. The summed E-state index contributed by atoms with van der Waals surface area (Å²) in [6.07, 6.45) is 0.0166. The topological polar surface area (TPSA) is 89.0 Å². The van der Waals surface area contributed by atoms with E-state index in [0.29, 0.717) is 22.4 Å². The van der Waals surface area contributed by atoms with E-state index in [1.54, 1.807) is 25.3 Å². The van der Waals surface area contributed by atoms with Gasteiger partial charge in [0, 0.05) is 12.5 Å². The lowest BCUT2D eigenvalue weighted by molar-refractivity contribution is -0.122. The molecule has 0 aliphatic carbocycles. The predicted molar refractivity (Wildman–Crippen MR) is 115 cm³/mol. The Balaban J connectivity index is 1.68. The zero-order valence-corrected chi connectivity index (χ0v) is 17.6. The Morgan fingerprint density at radius 3 is 2.69 bits per heavy atom. The number of nitrogens with one attached hydrogen (secondary N) is 2. The first kappa shape index (κ1) is 20.7. The van der Waals surface area contributed by atoms with Gasteiger partial charge in [-0.2, -0.15) is 0 Å². The normalized spacial score (nSPS) is 17.2. The highest BCUT2D eigenvalue weighted by atomic mass is 32.2. The molecule has 1 atom stereocenters. The SMILES string of the molecule is COc1ccc(OC)c(NC(=O)C[C@@H]2SC(=Nc3cc(C)ccc3C)NC2=O)c1. The van der Waals surface area contributed by atoms with E-state index in [-0.39, 0.29) is 18.2 Å². The maximum atomic E-state index is 12.5. The number of methoxy groups -OCH3 is 2. The van der Waals surface area contributed by atoms with Crippen LogP contribution in [0.3, 0.4) is 0 Å². The van der Waals surface area contributed by atoms with Gasteiger partial charge in [-0.05, 0) is 43.2 Å². The molecular formula is C21H23N3O4S. The maximum Gasteiger partial charge on any atom is 0.240 e. The minimum atomic E-state index is -0.546. The molecular weight excluding hydrogens is 390 g/mol. The molecule has 1 heterocycles. The molecule has 1 aliphatic rings. The van der Waals surface area contributed by atoms with E-state index < -0.39 is 5.25 Å². The number of ether oxygens (including phenoxy) is 2. The summed E-state index contributed by atoms with van der Waals surface area (Å²) in [5.41, 5.74) is 3.40. The molecule has 0 radical (unpaired) electrons. The fourth-order valence-electron chi connectivity index (χ4n) is 2.82. The zero-order chi connectivity index (χ0) is 21.0. The van der Waals surface area contributed by atoms with Gasteiger partial charge in [0.1, 0.15) is 16.7 Å². The fourth-order valence-corrected chi connectivity index (χ4v) is 3.80. The van der Waals surface area contributed by atoms with E-state index in [1.807, 2.05) is 32.0 Å². The van der Waals surface area contributed by atoms with Gasteiger partial charge >= 0.3 is 0 Å². The smallest absolute Gasteiger partial charge is 0.240 e. The molecule has 2 aromatic rings. The Hall–Kier alpha value is -3.00. The minimum absolute atomic E-state index is 0.0166. The van der Waals surface area contributed by atoms with Gasteiger partial charge < -0.3 is 20.1 Å². The number of benzene rings is 2. The van der Waals surface area contributed by atoms with Gasteiger partial charge in [0.25, 0.3) is 0 Å². The van der Waals surface area contributed by atoms with Gasteiger partial charge in [0.2, 0.25) is 11.8 Å². The molecule has 1 aliphatic heterocycles. The molecule has 7 nitrogen and oxygen atoms in total. The van der Waals surface area contributed by atoms with Gasteiger partial charge in [-0.25, -0.2) is 4.99 Å². The first-order valence-corrected chi connectivity index (χ1v) is 9.93. The number of carbonyl (C=O) groups excluding carboxylic acids is 2. The quantitative estimate of drug-likeness (QED) is 0.756. The third-order valence-corrected chi connectivity index (χ3v) is 5.50. The number of hydrogen-bond acceptors (Lipinski definition) is 6. The van der Waals surface area contributed by atoms with Crippen LogP contribution in [0.5, 0.6) is 11.5 Å². The van der Waals surface area contributed by atoms with Crippen LogP contribution < -0.4 is 20.1 Å². The van der Waals surface area contributed by atoms with Crippen molar-refractivity contribution in [2.24, 2.45) is 4.99 Å². The molecule has 1 fully saturated rings. The van der Waals surface area contributed by atoms with Crippen molar-refractivity contribution in [2.45, 2.75) is 25.5 Å². The lowest BCUT2D eigenvalue weighted by Crippen LogP contribution is -2.28. The Morgan fingerprint density at radius 1 is 1.17 bits per heavy atom. The highest BCUT2D eigenvalue weighted by Crippen LogP contribution is 2.31. The first-order valence-electron chi connectivity index (χ1n) is 9.05. The number of aryl methyl sites for hydroxylation is 2. The number of thioether (sulfide) groups is 1. The number of anilines is 1. The Bertz CT molecular complexity index is 974. The van der Waals surface area contributed by atoms with Crippen LogP contribution in [-0.2, 0) is 9.59 Å². The number of carbonyl (C=O) groups is 2. The second-order valence-electron chi connectivity index (χ2n) is 6.62. The highest BCUT2D eigenvalue weighted by Gasteiger charge is 2.32. The summed E-state index contributed by atoms with van der Waals surface area (Å²) in [7, 11) is 3.07. The molecule has 29 heavy (non-hydrogen) atoms. The molecule has 152 valence electrons. The van der Waals surface area contributed by atoms with Crippen molar-refractivity contribution in [3.63, 3.8) is 0 Å². The van der Waals surface area contributed by atoms with Crippen LogP contribution in [0, 0.1) is 13.8 Å². The van der Waals surface area contributed by atoms with Gasteiger partial charge in [-0.3, -0.25) is 9.59 Å². The van der Waals surface area contributed by atoms with Crippen LogP contribution in [0.15, 0.2) is 41.4 Å². The largest absolute Gasteiger partial charge is 0.497 e. The zero-order valence-electron chi connectivity index (χ0n) is 16.7. The van der Waals surface area contributed by atoms with Gasteiger partial charge in [-0.15, -0.1) is 0 Å². The molecule has 0 spiro atoms. The number of hydrogen-bond donors (Lipinski definition) is 2. The van der Waals surface area contributed by atoms with E-state index in [2.05, 4.69) is 15.6 Å². The van der Waals surface area contributed by atoms with Crippen molar-refractivity contribution in [1.82, 2.24) is 5.32 Å². The summed E-state index contributed by atoms with van der Waals surface area (Å²) < 4.78 is 10.5. The fraction of sp³-hybridized carbons (Fsp3) is 0.286. The van der Waals surface area contributed by atoms with Crippen LogP contribution >= 0.6 is 11.8 Å².